The molecular formula is C14H11ClN4O3. The van der Waals surface area contributed by atoms with Gasteiger partial charge in [-0.2, -0.15) is 0 Å². The minimum absolute atomic E-state index is 0.0550. The summed E-state index contributed by atoms with van der Waals surface area (Å²) in [5.74, 6) is 0.437. The van der Waals surface area contributed by atoms with Crippen molar-refractivity contribution in [2.24, 2.45) is 7.05 Å². The van der Waals surface area contributed by atoms with Crippen LogP contribution in [0.4, 0.5) is 5.69 Å². The number of benzene rings is 1. The Balaban J connectivity index is 1.85. The van der Waals surface area contributed by atoms with E-state index in [4.69, 9.17) is 16.3 Å². The summed E-state index contributed by atoms with van der Waals surface area (Å²) in [5.41, 5.74) is 2.15. The molecule has 0 aliphatic rings. The van der Waals surface area contributed by atoms with Gasteiger partial charge in [0, 0.05) is 30.9 Å². The van der Waals surface area contributed by atoms with E-state index in [9.17, 15) is 10.1 Å². The Morgan fingerprint density at radius 1 is 1.36 bits per heavy atom. The van der Waals surface area contributed by atoms with Gasteiger partial charge in [-0.3, -0.25) is 10.1 Å². The maximum atomic E-state index is 10.7. The first-order valence-electron chi connectivity index (χ1n) is 6.38. The lowest BCUT2D eigenvalue weighted by molar-refractivity contribution is -0.384. The van der Waals surface area contributed by atoms with E-state index in [1.807, 2.05) is 11.6 Å². The van der Waals surface area contributed by atoms with Crippen molar-refractivity contribution in [2.75, 3.05) is 0 Å². The Labute approximate surface area is 130 Å². The van der Waals surface area contributed by atoms with Gasteiger partial charge in [-0.25, -0.2) is 9.97 Å². The van der Waals surface area contributed by atoms with E-state index in [2.05, 4.69) is 9.97 Å². The van der Waals surface area contributed by atoms with Crippen molar-refractivity contribution in [3.05, 3.63) is 57.5 Å². The zero-order valence-electron chi connectivity index (χ0n) is 11.6. The fourth-order valence-electron chi connectivity index (χ4n) is 2.09. The Bertz CT molecular complexity index is 862. The maximum absolute atomic E-state index is 10.7. The Morgan fingerprint density at radius 3 is 2.91 bits per heavy atom. The van der Waals surface area contributed by atoms with Gasteiger partial charge < -0.3 is 9.30 Å². The second kappa shape index (κ2) is 5.61. The summed E-state index contributed by atoms with van der Waals surface area (Å²) in [5, 5.41) is 11.0. The number of non-ortho nitro benzene ring substituents is 1. The monoisotopic (exact) mass is 318 g/mol. The van der Waals surface area contributed by atoms with Crippen molar-refractivity contribution in [3.63, 3.8) is 0 Å². The minimum Gasteiger partial charge on any atom is -0.471 e. The van der Waals surface area contributed by atoms with Crippen LogP contribution in [0.15, 0.2) is 36.8 Å². The highest BCUT2D eigenvalue weighted by atomic mass is 35.5. The molecule has 0 fully saturated rings. The van der Waals surface area contributed by atoms with Gasteiger partial charge in [-0.15, -0.1) is 0 Å². The van der Waals surface area contributed by atoms with Crippen molar-refractivity contribution in [1.82, 2.24) is 14.5 Å². The molecule has 2 heterocycles. The molecule has 1 aromatic carbocycles. The highest BCUT2D eigenvalue weighted by Crippen LogP contribution is 2.26. The van der Waals surface area contributed by atoms with Gasteiger partial charge in [0.2, 0.25) is 5.88 Å². The average Bonchev–Trinajstić information content (AvgIpc) is 2.88. The van der Waals surface area contributed by atoms with Gasteiger partial charge >= 0.3 is 0 Å². The lowest BCUT2D eigenvalue weighted by Gasteiger charge is -2.08. The van der Waals surface area contributed by atoms with Gasteiger partial charge in [0.25, 0.3) is 5.69 Å². The van der Waals surface area contributed by atoms with Gasteiger partial charge in [0.05, 0.1) is 21.8 Å². The van der Waals surface area contributed by atoms with Gasteiger partial charge in [-0.05, 0) is 12.1 Å². The normalized spacial score (nSPS) is 10.8. The Kier molecular flexibility index (Phi) is 3.64. The Morgan fingerprint density at radius 2 is 2.18 bits per heavy atom. The largest absolute Gasteiger partial charge is 0.471 e. The van der Waals surface area contributed by atoms with Crippen molar-refractivity contribution in [3.8, 4) is 5.88 Å². The standard InChI is InChI=1S/C14H11ClN4O3/c1-18-8-17-12-4-5-16-14(13(12)18)22-7-9-2-3-10(19(20)21)6-11(9)15/h2-6,8H,7H2,1H3. The predicted octanol–water partition coefficient (Wildman–Crippen LogP) is 3.11. The molecule has 0 spiro atoms. The smallest absolute Gasteiger partial charge is 0.270 e. The van der Waals surface area contributed by atoms with E-state index < -0.39 is 4.92 Å². The molecule has 0 aliphatic carbocycles. The quantitative estimate of drug-likeness (QED) is 0.545. The number of nitro groups is 1. The number of ether oxygens (including phenoxy) is 1. The Hall–Kier alpha value is -2.67. The first-order valence-corrected chi connectivity index (χ1v) is 6.75. The van der Waals surface area contributed by atoms with Crippen LogP contribution in [0.3, 0.4) is 0 Å². The number of imidazole rings is 1. The number of pyridine rings is 1. The third kappa shape index (κ3) is 2.58. The first kappa shape index (κ1) is 14.3. The summed E-state index contributed by atoms with van der Waals surface area (Å²) in [6.45, 7) is 0.161. The third-order valence-corrected chi connectivity index (χ3v) is 3.56. The highest BCUT2D eigenvalue weighted by molar-refractivity contribution is 6.31. The fraction of sp³-hybridized carbons (Fsp3) is 0.143. The van der Waals surface area contributed by atoms with Crippen LogP contribution in [0, 0.1) is 10.1 Å². The number of nitrogens with zero attached hydrogens (tertiary/aromatic N) is 4. The molecule has 0 saturated carbocycles. The number of halogens is 1. The van der Waals surface area contributed by atoms with Crippen LogP contribution in [0.1, 0.15) is 5.56 Å². The van der Waals surface area contributed by atoms with Crippen molar-refractivity contribution >= 4 is 28.3 Å². The SMILES string of the molecule is Cn1cnc2ccnc(OCc3ccc([N+](=O)[O-])cc3Cl)c21. The summed E-state index contributed by atoms with van der Waals surface area (Å²) in [6, 6.07) is 6.06. The number of aromatic nitrogens is 3. The van der Waals surface area contributed by atoms with Crippen LogP contribution < -0.4 is 4.74 Å². The number of nitro benzene ring substituents is 1. The number of aryl methyl sites for hydroxylation is 1. The van der Waals surface area contributed by atoms with Gasteiger partial charge in [0.15, 0.2) is 0 Å². The zero-order chi connectivity index (χ0) is 15.7. The van der Waals surface area contributed by atoms with E-state index in [-0.39, 0.29) is 17.3 Å². The lowest BCUT2D eigenvalue weighted by atomic mass is 10.2. The maximum Gasteiger partial charge on any atom is 0.270 e. The van der Waals surface area contributed by atoms with E-state index in [1.54, 1.807) is 24.7 Å². The molecule has 0 N–H and O–H groups in total. The summed E-state index contributed by atoms with van der Waals surface area (Å²) >= 11 is 6.05. The topological polar surface area (TPSA) is 83.1 Å². The highest BCUT2D eigenvalue weighted by Gasteiger charge is 2.12. The van der Waals surface area contributed by atoms with E-state index in [0.717, 1.165) is 11.0 Å². The first-order chi connectivity index (χ1) is 10.6. The zero-order valence-corrected chi connectivity index (χ0v) is 12.3. The van der Waals surface area contributed by atoms with Gasteiger partial charge in [0.1, 0.15) is 12.1 Å². The second-order valence-electron chi connectivity index (χ2n) is 4.66. The fourth-order valence-corrected chi connectivity index (χ4v) is 2.32. The molecule has 0 aliphatic heterocycles. The number of rotatable bonds is 4. The predicted molar refractivity (Wildman–Crippen MR) is 80.9 cm³/mol. The second-order valence-corrected chi connectivity index (χ2v) is 5.07. The molecule has 2 aromatic heterocycles. The van der Waals surface area contributed by atoms with Crippen molar-refractivity contribution in [1.29, 1.82) is 0 Å². The van der Waals surface area contributed by atoms with E-state index >= 15 is 0 Å². The molecule has 0 amide bonds. The van der Waals surface area contributed by atoms with Crippen LogP contribution in [-0.4, -0.2) is 19.5 Å². The molecule has 0 bridgehead atoms. The molecule has 0 unspecified atom stereocenters. The molecule has 0 radical (unpaired) electrons. The van der Waals surface area contributed by atoms with Crippen LogP contribution in [0.5, 0.6) is 5.88 Å². The average molecular weight is 319 g/mol. The van der Waals surface area contributed by atoms with Crippen LogP contribution in [0.2, 0.25) is 5.02 Å². The van der Waals surface area contributed by atoms with Crippen molar-refractivity contribution in [2.45, 2.75) is 6.61 Å². The number of hydrogen-bond donors (Lipinski definition) is 0. The number of hydrogen-bond acceptors (Lipinski definition) is 5. The van der Waals surface area contributed by atoms with Crippen molar-refractivity contribution < 1.29 is 9.66 Å². The molecule has 112 valence electrons. The summed E-state index contributed by atoms with van der Waals surface area (Å²) in [7, 11) is 1.85. The third-order valence-electron chi connectivity index (χ3n) is 3.20. The molecular weight excluding hydrogens is 308 g/mol. The molecule has 0 atom stereocenters. The molecule has 7 nitrogen and oxygen atoms in total. The lowest BCUT2D eigenvalue weighted by Crippen LogP contribution is -2.00. The molecule has 3 aromatic rings. The van der Waals surface area contributed by atoms with Crippen LogP contribution >= 0.6 is 11.6 Å². The van der Waals surface area contributed by atoms with Crippen LogP contribution in [0.25, 0.3) is 11.0 Å². The van der Waals surface area contributed by atoms with Gasteiger partial charge in [-0.1, -0.05) is 11.6 Å². The van der Waals surface area contributed by atoms with Crippen LogP contribution in [-0.2, 0) is 13.7 Å². The molecule has 8 heteroatoms. The summed E-state index contributed by atoms with van der Waals surface area (Å²) in [6.07, 6.45) is 3.29. The summed E-state index contributed by atoms with van der Waals surface area (Å²) < 4.78 is 7.51. The molecule has 22 heavy (non-hydrogen) atoms. The summed E-state index contributed by atoms with van der Waals surface area (Å²) in [4.78, 5) is 18.6. The number of fused-ring (bicyclic) bond motifs is 1. The minimum atomic E-state index is -0.492. The van der Waals surface area contributed by atoms with E-state index in [0.29, 0.717) is 11.4 Å². The van der Waals surface area contributed by atoms with E-state index in [1.165, 1.54) is 12.1 Å². The molecule has 0 saturated heterocycles. The molecule has 3 rings (SSSR count).